The molecule has 0 saturated heterocycles. The third-order valence-electron chi connectivity index (χ3n) is 2.63. The summed E-state index contributed by atoms with van der Waals surface area (Å²) in [6, 6.07) is 1.81. The van der Waals surface area contributed by atoms with Crippen LogP contribution in [0.15, 0.2) is 12.1 Å². The van der Waals surface area contributed by atoms with Gasteiger partial charge in [-0.25, -0.2) is 4.39 Å². The number of nitrogens with zero attached hydrogens (tertiary/aromatic N) is 1. The van der Waals surface area contributed by atoms with E-state index in [1.54, 1.807) is 0 Å². The number of benzene rings is 1. The van der Waals surface area contributed by atoms with Crippen molar-refractivity contribution in [2.75, 3.05) is 11.9 Å². The summed E-state index contributed by atoms with van der Waals surface area (Å²) in [7, 11) is 0. The Morgan fingerprint density at radius 3 is 2.88 bits per heavy atom. The molecule has 1 aliphatic heterocycles. The Morgan fingerprint density at radius 1 is 1.59 bits per heavy atom. The predicted octanol–water partition coefficient (Wildman–Crippen LogP) is 1.01. The number of carbonyl (C=O) groups is 2. The quantitative estimate of drug-likeness (QED) is 0.367. The molecule has 1 unspecified atom stereocenters. The Hall–Kier alpha value is -2.31. The molecule has 88 valence electrons. The Morgan fingerprint density at radius 2 is 2.29 bits per heavy atom. The summed E-state index contributed by atoms with van der Waals surface area (Å²) in [6.45, 7) is 0.0667. The first kappa shape index (κ1) is 11.2. The van der Waals surface area contributed by atoms with Gasteiger partial charge in [0.1, 0.15) is 11.5 Å². The van der Waals surface area contributed by atoms with Crippen molar-refractivity contribution in [3.63, 3.8) is 0 Å². The van der Waals surface area contributed by atoms with E-state index >= 15 is 0 Å². The third-order valence-corrected chi connectivity index (χ3v) is 2.63. The van der Waals surface area contributed by atoms with Crippen molar-refractivity contribution < 1.29 is 18.9 Å². The number of halogens is 1. The number of carbonyl (C=O) groups excluding carboxylic acids is 2. The van der Waals surface area contributed by atoms with Crippen molar-refractivity contribution in [1.82, 2.24) is 0 Å². The lowest BCUT2D eigenvalue weighted by Crippen LogP contribution is -2.15. The summed E-state index contributed by atoms with van der Waals surface area (Å²) in [5, 5.41) is 13.4. The number of nitro benzene ring substituents is 1. The highest BCUT2D eigenvalue weighted by molar-refractivity contribution is 6.28. The average Bonchev–Trinajstić information content (AvgIpc) is 2.70. The highest BCUT2D eigenvalue weighted by Gasteiger charge is 2.33. The molecular formula is C10H7FN2O4. The number of nitro groups is 1. The van der Waals surface area contributed by atoms with Gasteiger partial charge in [0.15, 0.2) is 6.29 Å². The van der Waals surface area contributed by atoms with Crippen LogP contribution in [0.25, 0.3) is 0 Å². The highest BCUT2D eigenvalue weighted by atomic mass is 19.1. The summed E-state index contributed by atoms with van der Waals surface area (Å²) >= 11 is 0. The standard InChI is InChI=1S/C10H7FN2O4/c11-5-1-6-7(9(15)4-14)3-12-10(6)8(2-5)13(16)17/h1-2,4,7,12H,3H2. The second-order valence-electron chi connectivity index (χ2n) is 3.60. The molecule has 2 rings (SSSR count). The number of Topliss-reactive ketones (excluding diaryl/α,β-unsaturated/α-hetero) is 1. The molecule has 1 N–H and O–H groups in total. The van der Waals surface area contributed by atoms with Gasteiger partial charge in [0.25, 0.3) is 5.69 Å². The molecule has 0 aliphatic carbocycles. The summed E-state index contributed by atoms with van der Waals surface area (Å²) in [4.78, 5) is 31.6. The van der Waals surface area contributed by atoms with Gasteiger partial charge in [0.2, 0.25) is 5.78 Å². The maximum Gasteiger partial charge on any atom is 0.295 e. The highest BCUT2D eigenvalue weighted by Crippen LogP contribution is 2.39. The van der Waals surface area contributed by atoms with Gasteiger partial charge >= 0.3 is 0 Å². The molecule has 17 heavy (non-hydrogen) atoms. The van der Waals surface area contributed by atoms with Crippen LogP contribution in [-0.4, -0.2) is 23.5 Å². The first-order valence-electron chi connectivity index (χ1n) is 4.75. The first-order chi connectivity index (χ1) is 8.04. The summed E-state index contributed by atoms with van der Waals surface area (Å²) < 4.78 is 13.2. The van der Waals surface area contributed by atoms with Crippen LogP contribution in [0.2, 0.25) is 0 Å². The van der Waals surface area contributed by atoms with Crippen molar-refractivity contribution in [3.05, 3.63) is 33.6 Å². The van der Waals surface area contributed by atoms with Crippen LogP contribution >= 0.6 is 0 Å². The molecule has 1 aromatic carbocycles. The number of aldehydes is 1. The minimum Gasteiger partial charge on any atom is -0.378 e. The third kappa shape index (κ3) is 1.75. The predicted molar refractivity (Wildman–Crippen MR) is 55.4 cm³/mol. The molecule has 1 heterocycles. The zero-order valence-electron chi connectivity index (χ0n) is 8.47. The molecule has 1 aliphatic rings. The largest absolute Gasteiger partial charge is 0.378 e. The van der Waals surface area contributed by atoms with Crippen LogP contribution in [0.1, 0.15) is 11.5 Å². The number of anilines is 1. The number of nitrogens with one attached hydrogen (secondary N) is 1. The van der Waals surface area contributed by atoms with E-state index in [2.05, 4.69) is 5.32 Å². The van der Waals surface area contributed by atoms with Crippen LogP contribution in [0.4, 0.5) is 15.8 Å². The molecule has 0 bridgehead atoms. The van der Waals surface area contributed by atoms with E-state index in [0.29, 0.717) is 0 Å². The molecule has 0 amide bonds. The lowest BCUT2D eigenvalue weighted by Gasteiger charge is -2.04. The smallest absolute Gasteiger partial charge is 0.295 e. The van der Waals surface area contributed by atoms with E-state index in [1.165, 1.54) is 0 Å². The Labute approximate surface area is 94.6 Å². The molecule has 1 aromatic rings. The van der Waals surface area contributed by atoms with Crippen LogP contribution < -0.4 is 5.32 Å². The molecule has 0 spiro atoms. The second-order valence-corrected chi connectivity index (χ2v) is 3.60. The van der Waals surface area contributed by atoms with Crippen molar-refractivity contribution >= 4 is 23.4 Å². The second kappa shape index (κ2) is 3.93. The average molecular weight is 238 g/mol. The van der Waals surface area contributed by atoms with E-state index in [1.807, 2.05) is 0 Å². The Bertz CT molecular complexity index is 529. The molecule has 1 atom stereocenters. The fourth-order valence-corrected chi connectivity index (χ4v) is 1.87. The minimum absolute atomic E-state index is 0.0667. The maximum atomic E-state index is 13.2. The number of ketones is 1. The fraction of sp³-hybridized carbons (Fsp3) is 0.200. The number of hydrogen-bond donors (Lipinski definition) is 1. The van der Waals surface area contributed by atoms with Crippen LogP contribution in [0, 0.1) is 15.9 Å². The molecule has 6 nitrogen and oxygen atoms in total. The van der Waals surface area contributed by atoms with Crippen molar-refractivity contribution in [1.29, 1.82) is 0 Å². The molecule has 0 fully saturated rings. The summed E-state index contributed by atoms with van der Waals surface area (Å²) in [6.07, 6.45) is 0.137. The topological polar surface area (TPSA) is 89.3 Å². The Kier molecular flexibility index (Phi) is 2.58. The normalized spacial score (nSPS) is 17.1. The molecule has 0 radical (unpaired) electrons. The lowest BCUT2D eigenvalue weighted by atomic mass is 9.97. The van der Waals surface area contributed by atoms with Crippen LogP contribution in [0.5, 0.6) is 0 Å². The van der Waals surface area contributed by atoms with E-state index in [0.717, 1.165) is 12.1 Å². The van der Waals surface area contributed by atoms with Gasteiger partial charge in [-0.2, -0.15) is 0 Å². The van der Waals surface area contributed by atoms with Gasteiger partial charge in [0.05, 0.1) is 16.9 Å². The summed E-state index contributed by atoms with van der Waals surface area (Å²) in [5.41, 5.74) is -0.161. The van der Waals surface area contributed by atoms with Crippen molar-refractivity contribution in [2.24, 2.45) is 0 Å². The molecule has 7 heteroatoms. The van der Waals surface area contributed by atoms with Gasteiger partial charge in [-0.1, -0.05) is 0 Å². The van der Waals surface area contributed by atoms with E-state index in [9.17, 15) is 24.1 Å². The molecule has 0 aromatic heterocycles. The SMILES string of the molecule is O=CC(=O)C1CNc2c1cc(F)cc2[N+](=O)[O-]. The zero-order chi connectivity index (χ0) is 12.6. The zero-order valence-corrected chi connectivity index (χ0v) is 8.47. The van der Waals surface area contributed by atoms with Crippen LogP contribution in [-0.2, 0) is 9.59 Å². The van der Waals surface area contributed by atoms with Gasteiger partial charge in [-0.15, -0.1) is 0 Å². The fourth-order valence-electron chi connectivity index (χ4n) is 1.87. The van der Waals surface area contributed by atoms with Gasteiger partial charge < -0.3 is 5.32 Å². The van der Waals surface area contributed by atoms with Crippen molar-refractivity contribution in [3.8, 4) is 0 Å². The first-order valence-corrected chi connectivity index (χ1v) is 4.75. The lowest BCUT2D eigenvalue weighted by molar-refractivity contribution is -0.384. The number of hydrogen-bond acceptors (Lipinski definition) is 5. The monoisotopic (exact) mass is 238 g/mol. The molecular weight excluding hydrogens is 231 g/mol. The van der Waals surface area contributed by atoms with E-state index < -0.39 is 28.1 Å². The van der Waals surface area contributed by atoms with Gasteiger partial charge in [-0.05, 0) is 11.6 Å². The maximum absolute atomic E-state index is 13.2. The van der Waals surface area contributed by atoms with Gasteiger partial charge in [0, 0.05) is 6.54 Å². The van der Waals surface area contributed by atoms with E-state index in [4.69, 9.17) is 0 Å². The number of fused-ring (bicyclic) bond motifs is 1. The summed E-state index contributed by atoms with van der Waals surface area (Å²) in [5.74, 6) is -2.38. The number of rotatable bonds is 3. The Balaban J connectivity index is 2.57. The van der Waals surface area contributed by atoms with Gasteiger partial charge in [-0.3, -0.25) is 19.7 Å². The van der Waals surface area contributed by atoms with Crippen LogP contribution in [0.3, 0.4) is 0 Å². The van der Waals surface area contributed by atoms with Crippen molar-refractivity contribution in [2.45, 2.75) is 5.92 Å². The molecule has 0 saturated carbocycles. The van der Waals surface area contributed by atoms with E-state index in [-0.39, 0.29) is 24.1 Å². The minimum atomic E-state index is -0.850.